The van der Waals surface area contributed by atoms with Gasteiger partial charge in [-0.1, -0.05) is 50.8 Å². The average Bonchev–Trinajstić information content (AvgIpc) is 3.31. The lowest BCUT2D eigenvalue weighted by molar-refractivity contribution is 0.397. The van der Waals surface area contributed by atoms with E-state index in [-0.39, 0.29) is 1.43 Å². The number of hydrogen-bond acceptors (Lipinski definition) is 5. The summed E-state index contributed by atoms with van der Waals surface area (Å²) in [6, 6.07) is 13.7. The van der Waals surface area contributed by atoms with E-state index in [9.17, 15) is 0 Å². The van der Waals surface area contributed by atoms with Crippen LogP contribution in [0.15, 0.2) is 79.2 Å². The summed E-state index contributed by atoms with van der Waals surface area (Å²) >= 11 is 0. The minimum atomic E-state index is 0. The normalized spacial score (nSPS) is 12.1. The van der Waals surface area contributed by atoms with Crippen LogP contribution in [-0.2, 0) is 6.54 Å². The van der Waals surface area contributed by atoms with E-state index in [4.69, 9.17) is 9.47 Å². The minimum Gasteiger partial charge on any atom is -0.481 e. The number of pyridine rings is 2. The van der Waals surface area contributed by atoms with Crippen molar-refractivity contribution in [3.63, 3.8) is 0 Å². The number of ether oxygens (including phenoxy) is 2. The van der Waals surface area contributed by atoms with Crippen molar-refractivity contribution in [2.75, 3.05) is 7.11 Å². The lowest BCUT2D eigenvalue weighted by atomic mass is 10.0. The maximum Gasteiger partial charge on any atom is 0.212 e. The Hall–Kier alpha value is -3.86. The molecule has 0 bridgehead atoms. The first-order valence-corrected chi connectivity index (χ1v) is 11.6. The van der Waals surface area contributed by atoms with Gasteiger partial charge < -0.3 is 14.8 Å². The summed E-state index contributed by atoms with van der Waals surface area (Å²) in [6.07, 6.45) is 8.94. The highest BCUT2D eigenvalue weighted by molar-refractivity contribution is 5.79. The Kier molecular flexibility index (Phi) is 8.63. The van der Waals surface area contributed by atoms with Crippen LogP contribution in [0.25, 0.3) is 11.3 Å². The SMILES string of the molecule is C=C(NCc1ccc(OC)nc1)c1cccc(Oc2ccnc(C3=CCC=C3C)c2)c1C.CC.[HH]. The first-order chi connectivity index (χ1) is 16.5. The molecule has 1 aliphatic carbocycles. The Bertz CT molecular complexity index is 1200. The molecule has 5 nitrogen and oxygen atoms in total. The van der Waals surface area contributed by atoms with Crippen molar-refractivity contribution in [2.24, 2.45) is 0 Å². The Labute approximate surface area is 204 Å². The maximum atomic E-state index is 6.24. The molecule has 0 unspecified atom stereocenters. The maximum absolute atomic E-state index is 6.24. The molecule has 178 valence electrons. The molecule has 0 saturated carbocycles. The number of benzene rings is 1. The molecule has 0 spiro atoms. The molecule has 0 aliphatic heterocycles. The third-order valence-corrected chi connectivity index (χ3v) is 5.53. The standard InChI is InChI=1S/C27H27N3O2.C2H6.H2/c1-18-7-5-8-23(18)25-15-22(13-14-28-25)32-26-10-6-9-24(19(26)2)20(3)29-16-21-11-12-27(31-4)30-17-21;1-2;/h6-15,17,29H,3,5,16H2,1-2,4H3;1-2H3;1H. The van der Waals surface area contributed by atoms with Crippen LogP contribution in [0.1, 0.15) is 51.0 Å². The molecule has 34 heavy (non-hydrogen) atoms. The molecule has 2 aromatic heterocycles. The fourth-order valence-corrected chi connectivity index (χ4v) is 3.67. The second-order valence-electron chi connectivity index (χ2n) is 7.69. The van der Waals surface area contributed by atoms with Crippen molar-refractivity contribution < 1.29 is 10.9 Å². The summed E-state index contributed by atoms with van der Waals surface area (Å²) in [5.41, 5.74) is 7.27. The van der Waals surface area contributed by atoms with E-state index in [1.165, 1.54) is 11.1 Å². The summed E-state index contributed by atoms with van der Waals surface area (Å²) in [7, 11) is 1.61. The molecule has 5 heteroatoms. The van der Waals surface area contributed by atoms with Crippen LogP contribution in [-0.4, -0.2) is 17.1 Å². The van der Waals surface area contributed by atoms with Crippen molar-refractivity contribution >= 4 is 11.3 Å². The van der Waals surface area contributed by atoms with Gasteiger partial charge in [0, 0.05) is 49.3 Å². The van der Waals surface area contributed by atoms with Crippen LogP contribution in [0.2, 0.25) is 0 Å². The molecule has 1 aromatic carbocycles. The highest BCUT2D eigenvalue weighted by Gasteiger charge is 2.13. The lowest BCUT2D eigenvalue weighted by Crippen LogP contribution is -2.12. The number of aromatic nitrogens is 2. The van der Waals surface area contributed by atoms with Crippen molar-refractivity contribution in [3.05, 3.63) is 102 Å². The zero-order valence-electron chi connectivity index (χ0n) is 20.7. The fraction of sp³-hybridized carbons (Fsp3) is 0.241. The predicted molar refractivity (Wildman–Crippen MR) is 142 cm³/mol. The third-order valence-electron chi connectivity index (χ3n) is 5.53. The molecule has 2 heterocycles. The van der Waals surface area contributed by atoms with Crippen LogP contribution >= 0.6 is 0 Å². The molecule has 4 rings (SSSR count). The molecule has 0 fully saturated rings. The number of nitrogens with one attached hydrogen (secondary N) is 1. The van der Waals surface area contributed by atoms with Gasteiger partial charge in [-0.15, -0.1) is 0 Å². The fourth-order valence-electron chi connectivity index (χ4n) is 3.67. The monoisotopic (exact) mass is 457 g/mol. The quantitative estimate of drug-likeness (QED) is 0.383. The first-order valence-electron chi connectivity index (χ1n) is 11.6. The zero-order valence-corrected chi connectivity index (χ0v) is 20.7. The Morgan fingerprint density at radius 2 is 1.91 bits per heavy atom. The van der Waals surface area contributed by atoms with Crippen LogP contribution in [0, 0.1) is 6.92 Å². The topological polar surface area (TPSA) is 56.3 Å². The van der Waals surface area contributed by atoms with Crippen molar-refractivity contribution in [1.82, 2.24) is 15.3 Å². The van der Waals surface area contributed by atoms with Gasteiger partial charge in [0.15, 0.2) is 0 Å². The van der Waals surface area contributed by atoms with E-state index in [0.717, 1.165) is 46.0 Å². The van der Waals surface area contributed by atoms with Gasteiger partial charge in [-0.3, -0.25) is 4.98 Å². The summed E-state index contributed by atoms with van der Waals surface area (Å²) in [5, 5.41) is 3.38. The van der Waals surface area contributed by atoms with Gasteiger partial charge in [0.25, 0.3) is 0 Å². The summed E-state index contributed by atoms with van der Waals surface area (Å²) in [6.45, 7) is 13.0. The Morgan fingerprint density at radius 3 is 2.59 bits per heavy atom. The lowest BCUT2D eigenvalue weighted by Gasteiger charge is -2.16. The summed E-state index contributed by atoms with van der Waals surface area (Å²) < 4.78 is 11.4. The van der Waals surface area contributed by atoms with E-state index in [2.05, 4.69) is 40.9 Å². The molecular formula is C29H35N3O2. The van der Waals surface area contributed by atoms with E-state index in [1.54, 1.807) is 19.5 Å². The third kappa shape index (κ3) is 5.93. The molecule has 3 aromatic rings. The van der Waals surface area contributed by atoms with Gasteiger partial charge >= 0.3 is 0 Å². The molecule has 1 aliphatic rings. The van der Waals surface area contributed by atoms with Crippen LogP contribution < -0.4 is 14.8 Å². The number of rotatable bonds is 8. The summed E-state index contributed by atoms with van der Waals surface area (Å²) in [5.74, 6) is 2.16. The molecule has 0 radical (unpaired) electrons. The number of nitrogens with zero attached hydrogens (tertiary/aromatic N) is 2. The number of hydrogen-bond donors (Lipinski definition) is 1. The second-order valence-corrected chi connectivity index (χ2v) is 7.69. The number of methoxy groups -OCH3 is 1. The Morgan fingerprint density at radius 1 is 1.09 bits per heavy atom. The minimum absolute atomic E-state index is 0. The zero-order chi connectivity index (χ0) is 24.5. The molecule has 1 N–H and O–H groups in total. The van der Waals surface area contributed by atoms with Crippen LogP contribution in [0.3, 0.4) is 0 Å². The van der Waals surface area contributed by atoms with Crippen molar-refractivity contribution in [1.29, 1.82) is 0 Å². The summed E-state index contributed by atoms with van der Waals surface area (Å²) in [4.78, 5) is 8.76. The van der Waals surface area contributed by atoms with Gasteiger partial charge in [-0.2, -0.15) is 0 Å². The molecule has 0 atom stereocenters. The van der Waals surface area contributed by atoms with Gasteiger partial charge in [0.1, 0.15) is 11.5 Å². The number of allylic oxidation sites excluding steroid dienone is 4. The van der Waals surface area contributed by atoms with E-state index in [0.29, 0.717) is 12.4 Å². The van der Waals surface area contributed by atoms with Crippen LogP contribution in [0.4, 0.5) is 0 Å². The first kappa shape index (κ1) is 24.8. The molecule has 0 saturated heterocycles. The van der Waals surface area contributed by atoms with E-state index >= 15 is 0 Å². The molecule has 0 amide bonds. The van der Waals surface area contributed by atoms with Gasteiger partial charge in [0.2, 0.25) is 5.88 Å². The van der Waals surface area contributed by atoms with Gasteiger partial charge in [-0.05, 0) is 49.1 Å². The van der Waals surface area contributed by atoms with Crippen molar-refractivity contribution in [2.45, 2.75) is 40.7 Å². The largest absolute Gasteiger partial charge is 0.481 e. The Balaban J connectivity index is 0.00000140. The molecular weight excluding hydrogens is 422 g/mol. The van der Waals surface area contributed by atoms with Gasteiger partial charge in [-0.25, -0.2) is 4.98 Å². The second kappa shape index (κ2) is 11.8. The highest BCUT2D eigenvalue weighted by Crippen LogP contribution is 2.32. The predicted octanol–water partition coefficient (Wildman–Crippen LogP) is 7.35. The van der Waals surface area contributed by atoms with Crippen molar-refractivity contribution in [3.8, 4) is 17.4 Å². The van der Waals surface area contributed by atoms with Gasteiger partial charge in [0.05, 0.1) is 12.8 Å². The highest BCUT2D eigenvalue weighted by atomic mass is 16.5. The average molecular weight is 458 g/mol. The van der Waals surface area contributed by atoms with E-state index < -0.39 is 0 Å². The van der Waals surface area contributed by atoms with Crippen LogP contribution in [0.5, 0.6) is 17.4 Å². The smallest absolute Gasteiger partial charge is 0.212 e. The van der Waals surface area contributed by atoms with E-state index in [1.807, 2.05) is 63.2 Å².